The lowest BCUT2D eigenvalue weighted by Crippen LogP contribution is -2.04. The number of esters is 1. The molecule has 1 rings (SSSR count). The highest BCUT2D eigenvalue weighted by Crippen LogP contribution is 2.12. The summed E-state index contributed by atoms with van der Waals surface area (Å²) in [5.74, 6) is -0.405. The zero-order valence-electron chi connectivity index (χ0n) is 9.47. The SMILES string of the molecule is CCOC(=O)C=Nc1ccc(CC)cc1.Cl. The van der Waals surface area contributed by atoms with Crippen LogP contribution in [0.25, 0.3) is 0 Å². The fraction of sp³-hybridized carbons (Fsp3) is 0.333. The third-order valence-electron chi connectivity index (χ3n) is 1.95. The largest absolute Gasteiger partial charge is 0.462 e. The second kappa shape index (κ2) is 7.88. The Labute approximate surface area is 102 Å². The Morgan fingerprint density at radius 3 is 2.44 bits per heavy atom. The predicted molar refractivity (Wildman–Crippen MR) is 67.9 cm³/mol. The van der Waals surface area contributed by atoms with E-state index in [0.717, 1.165) is 12.1 Å². The fourth-order valence-electron chi connectivity index (χ4n) is 1.12. The van der Waals surface area contributed by atoms with Gasteiger partial charge in [0.25, 0.3) is 0 Å². The molecule has 0 aromatic heterocycles. The van der Waals surface area contributed by atoms with E-state index in [9.17, 15) is 4.79 Å². The van der Waals surface area contributed by atoms with Gasteiger partial charge in [-0.3, -0.25) is 0 Å². The Balaban J connectivity index is 0.00000225. The van der Waals surface area contributed by atoms with Crippen molar-refractivity contribution in [3.05, 3.63) is 29.8 Å². The Hall–Kier alpha value is -1.35. The highest BCUT2D eigenvalue weighted by Gasteiger charge is 1.95. The number of hydrogen-bond acceptors (Lipinski definition) is 3. The van der Waals surface area contributed by atoms with Crippen molar-refractivity contribution in [2.45, 2.75) is 20.3 Å². The number of benzene rings is 1. The van der Waals surface area contributed by atoms with E-state index >= 15 is 0 Å². The van der Waals surface area contributed by atoms with Gasteiger partial charge in [-0.15, -0.1) is 12.4 Å². The molecule has 1 aromatic carbocycles. The van der Waals surface area contributed by atoms with E-state index in [0.29, 0.717) is 6.61 Å². The number of hydrogen-bond donors (Lipinski definition) is 0. The molecule has 0 radical (unpaired) electrons. The molecule has 16 heavy (non-hydrogen) atoms. The summed E-state index contributed by atoms with van der Waals surface area (Å²) in [4.78, 5) is 15.0. The number of aliphatic imine (C=N–C) groups is 1. The molecule has 0 aliphatic carbocycles. The molecule has 0 fully saturated rings. The van der Waals surface area contributed by atoms with Gasteiger partial charge in [-0.1, -0.05) is 19.1 Å². The maximum Gasteiger partial charge on any atom is 0.349 e. The predicted octanol–water partition coefficient (Wildman–Crippen LogP) is 2.94. The van der Waals surface area contributed by atoms with Gasteiger partial charge in [0.1, 0.15) is 6.21 Å². The molecule has 0 aliphatic heterocycles. The van der Waals surface area contributed by atoms with Crippen molar-refractivity contribution < 1.29 is 9.53 Å². The summed E-state index contributed by atoms with van der Waals surface area (Å²) in [6.07, 6.45) is 2.20. The van der Waals surface area contributed by atoms with E-state index in [2.05, 4.69) is 11.9 Å². The molecular formula is C12H16ClNO2. The molecule has 0 saturated carbocycles. The maximum atomic E-state index is 11.0. The lowest BCUT2D eigenvalue weighted by Gasteiger charge is -1.97. The van der Waals surface area contributed by atoms with Gasteiger partial charge in [0.05, 0.1) is 12.3 Å². The van der Waals surface area contributed by atoms with Gasteiger partial charge in [0.15, 0.2) is 0 Å². The van der Waals surface area contributed by atoms with Gasteiger partial charge in [0, 0.05) is 0 Å². The van der Waals surface area contributed by atoms with Crippen LogP contribution in [-0.4, -0.2) is 18.8 Å². The number of carbonyl (C=O) groups excluding carboxylic acids is 1. The van der Waals surface area contributed by atoms with Crippen LogP contribution in [0.3, 0.4) is 0 Å². The summed E-state index contributed by atoms with van der Waals surface area (Å²) < 4.78 is 4.72. The zero-order valence-corrected chi connectivity index (χ0v) is 10.3. The Morgan fingerprint density at radius 1 is 1.31 bits per heavy atom. The average molecular weight is 242 g/mol. The van der Waals surface area contributed by atoms with Crippen LogP contribution >= 0.6 is 12.4 Å². The molecule has 0 spiro atoms. The number of halogens is 1. The molecule has 0 bridgehead atoms. The molecule has 0 N–H and O–H groups in total. The fourth-order valence-corrected chi connectivity index (χ4v) is 1.12. The van der Waals surface area contributed by atoms with Crippen LogP contribution < -0.4 is 0 Å². The van der Waals surface area contributed by atoms with Gasteiger partial charge in [-0.25, -0.2) is 9.79 Å². The van der Waals surface area contributed by atoms with Gasteiger partial charge < -0.3 is 4.74 Å². The molecule has 4 heteroatoms. The zero-order chi connectivity index (χ0) is 11.1. The molecule has 0 heterocycles. The minimum Gasteiger partial charge on any atom is -0.462 e. The Morgan fingerprint density at radius 2 is 1.94 bits per heavy atom. The molecule has 88 valence electrons. The van der Waals surface area contributed by atoms with E-state index < -0.39 is 5.97 Å². The topological polar surface area (TPSA) is 38.7 Å². The summed E-state index contributed by atoms with van der Waals surface area (Å²) in [6.45, 7) is 4.23. The highest BCUT2D eigenvalue weighted by molar-refractivity contribution is 6.23. The van der Waals surface area contributed by atoms with Crippen molar-refractivity contribution in [2.24, 2.45) is 4.99 Å². The smallest absolute Gasteiger partial charge is 0.349 e. The van der Waals surface area contributed by atoms with Crippen molar-refractivity contribution in [1.29, 1.82) is 0 Å². The number of aryl methyl sites for hydroxylation is 1. The number of carbonyl (C=O) groups is 1. The quantitative estimate of drug-likeness (QED) is 0.601. The normalized spacial score (nSPS) is 9.88. The van der Waals surface area contributed by atoms with Crippen molar-refractivity contribution >= 4 is 30.3 Å². The van der Waals surface area contributed by atoms with Crippen LogP contribution in [0.1, 0.15) is 19.4 Å². The minimum absolute atomic E-state index is 0. The van der Waals surface area contributed by atoms with Crippen molar-refractivity contribution in [1.82, 2.24) is 0 Å². The van der Waals surface area contributed by atoms with Crippen LogP contribution in [0.15, 0.2) is 29.3 Å². The van der Waals surface area contributed by atoms with Gasteiger partial charge in [-0.05, 0) is 31.0 Å². The van der Waals surface area contributed by atoms with E-state index in [4.69, 9.17) is 4.74 Å². The summed E-state index contributed by atoms with van der Waals surface area (Å²) in [5, 5.41) is 0. The number of nitrogens with zero attached hydrogens (tertiary/aromatic N) is 1. The first-order valence-electron chi connectivity index (χ1n) is 5.06. The van der Waals surface area contributed by atoms with E-state index in [1.807, 2.05) is 24.3 Å². The summed E-state index contributed by atoms with van der Waals surface area (Å²) in [5.41, 5.74) is 2.02. The lowest BCUT2D eigenvalue weighted by molar-refractivity contribution is -0.134. The first-order valence-corrected chi connectivity index (χ1v) is 5.06. The Bertz CT molecular complexity index is 347. The molecule has 3 nitrogen and oxygen atoms in total. The van der Waals surface area contributed by atoms with Crippen LogP contribution in [-0.2, 0) is 16.0 Å². The van der Waals surface area contributed by atoms with Crippen LogP contribution in [0.4, 0.5) is 5.69 Å². The number of ether oxygens (including phenoxy) is 1. The third kappa shape index (κ3) is 4.94. The summed E-state index contributed by atoms with van der Waals surface area (Å²) >= 11 is 0. The van der Waals surface area contributed by atoms with Crippen molar-refractivity contribution in [2.75, 3.05) is 6.61 Å². The average Bonchev–Trinajstić information content (AvgIpc) is 2.27. The van der Waals surface area contributed by atoms with Crippen molar-refractivity contribution in [3.8, 4) is 0 Å². The molecule has 0 atom stereocenters. The van der Waals surface area contributed by atoms with Gasteiger partial charge >= 0.3 is 5.97 Å². The molecule has 0 unspecified atom stereocenters. The van der Waals surface area contributed by atoms with E-state index in [1.54, 1.807) is 6.92 Å². The standard InChI is InChI=1S/C12H15NO2.ClH/c1-3-10-5-7-11(8-6-10)13-9-12(14)15-4-2;/h5-9H,3-4H2,1-2H3;1H. The molecule has 0 aliphatic rings. The molecular weight excluding hydrogens is 226 g/mol. The van der Waals surface area contributed by atoms with E-state index in [-0.39, 0.29) is 12.4 Å². The second-order valence-electron chi connectivity index (χ2n) is 3.03. The van der Waals surface area contributed by atoms with Gasteiger partial charge in [-0.2, -0.15) is 0 Å². The molecule has 1 aromatic rings. The highest BCUT2D eigenvalue weighted by atomic mass is 35.5. The monoisotopic (exact) mass is 241 g/mol. The van der Waals surface area contributed by atoms with Crippen LogP contribution in [0.5, 0.6) is 0 Å². The lowest BCUT2D eigenvalue weighted by atomic mass is 10.2. The van der Waals surface area contributed by atoms with Gasteiger partial charge in [0.2, 0.25) is 0 Å². The Kier molecular flexibility index (Phi) is 7.21. The minimum atomic E-state index is -0.405. The molecule has 0 amide bonds. The molecule has 0 saturated heterocycles. The van der Waals surface area contributed by atoms with Crippen molar-refractivity contribution in [3.63, 3.8) is 0 Å². The first kappa shape index (κ1) is 14.6. The van der Waals surface area contributed by atoms with Crippen LogP contribution in [0, 0.1) is 0 Å². The first-order chi connectivity index (χ1) is 7.26. The third-order valence-corrected chi connectivity index (χ3v) is 1.95. The van der Waals surface area contributed by atoms with Crippen LogP contribution in [0.2, 0.25) is 0 Å². The van der Waals surface area contributed by atoms with E-state index in [1.165, 1.54) is 11.8 Å². The summed E-state index contributed by atoms with van der Waals surface area (Å²) in [6, 6.07) is 7.76. The second-order valence-corrected chi connectivity index (χ2v) is 3.03. The summed E-state index contributed by atoms with van der Waals surface area (Å²) in [7, 11) is 0. The number of rotatable bonds is 4. The maximum absolute atomic E-state index is 11.0.